The number of nitrogens with zero attached hydrogens (tertiary/aromatic N) is 3. The number of rotatable bonds is 5. The van der Waals surface area contributed by atoms with E-state index in [1.54, 1.807) is 12.1 Å². The van der Waals surface area contributed by atoms with Crippen molar-refractivity contribution < 1.29 is 17.9 Å². The number of hydrogen-bond donors (Lipinski definition) is 1. The number of sulfone groups is 1. The van der Waals surface area contributed by atoms with Crippen LogP contribution in [-0.2, 0) is 14.6 Å². The first-order valence-electron chi connectivity index (χ1n) is 10.1. The lowest BCUT2D eigenvalue weighted by Gasteiger charge is -2.29. The van der Waals surface area contributed by atoms with Crippen molar-refractivity contribution in [3.63, 3.8) is 0 Å². The highest BCUT2D eigenvalue weighted by molar-refractivity contribution is 7.91. The van der Waals surface area contributed by atoms with Crippen LogP contribution in [0.2, 0.25) is 0 Å². The number of ether oxygens (including phenoxy) is 1. The largest absolute Gasteiger partial charge is 0.379 e. The molecule has 1 aromatic carbocycles. The summed E-state index contributed by atoms with van der Waals surface area (Å²) in [7, 11) is -2.98. The lowest BCUT2D eigenvalue weighted by molar-refractivity contribution is 0.0342. The van der Waals surface area contributed by atoms with E-state index in [1.165, 1.54) is 0 Å². The number of carbonyl (C=O) groups excluding carboxylic acids is 1. The Morgan fingerprint density at radius 3 is 2.79 bits per heavy atom. The molecule has 0 saturated carbocycles. The number of carbonyl (C=O) groups is 1. The molecule has 2 fully saturated rings. The molecule has 1 aromatic heterocycles. The number of hydrogen-bond acceptors (Lipinski definition) is 6. The van der Waals surface area contributed by atoms with Gasteiger partial charge in [-0.15, -0.1) is 0 Å². The fourth-order valence-electron chi connectivity index (χ4n) is 4.32. The van der Waals surface area contributed by atoms with Crippen LogP contribution >= 0.6 is 0 Å². The summed E-state index contributed by atoms with van der Waals surface area (Å²) in [5.74, 6) is 1.03. The van der Waals surface area contributed by atoms with Gasteiger partial charge < -0.3 is 14.6 Å². The Bertz CT molecular complexity index is 1010. The molecule has 2 atom stereocenters. The van der Waals surface area contributed by atoms with Gasteiger partial charge in [-0.3, -0.25) is 9.69 Å². The minimum Gasteiger partial charge on any atom is -0.379 e. The van der Waals surface area contributed by atoms with Crippen molar-refractivity contribution in [2.75, 3.05) is 44.4 Å². The number of aryl methyl sites for hydroxylation is 1. The number of fused-ring (bicyclic) bond motifs is 1. The van der Waals surface area contributed by atoms with Crippen molar-refractivity contribution in [2.45, 2.75) is 32.4 Å². The highest BCUT2D eigenvalue weighted by Crippen LogP contribution is 2.29. The smallest absolute Gasteiger partial charge is 0.251 e. The summed E-state index contributed by atoms with van der Waals surface area (Å²) in [6.07, 6.45) is 0.607. The molecule has 2 aromatic rings. The molecule has 158 valence electrons. The molecule has 0 unspecified atom stereocenters. The molecule has 0 radical (unpaired) electrons. The van der Waals surface area contributed by atoms with Crippen molar-refractivity contribution in [2.24, 2.45) is 0 Å². The lowest BCUT2D eigenvalue weighted by Crippen LogP contribution is -2.46. The second-order valence-corrected chi connectivity index (χ2v) is 10.3. The van der Waals surface area contributed by atoms with Crippen LogP contribution in [0.4, 0.5) is 0 Å². The first-order chi connectivity index (χ1) is 13.8. The first kappa shape index (κ1) is 20.3. The summed E-state index contributed by atoms with van der Waals surface area (Å²) < 4.78 is 31.1. The summed E-state index contributed by atoms with van der Waals surface area (Å²) in [6, 6.07) is 5.40. The second kappa shape index (κ2) is 8.04. The summed E-state index contributed by atoms with van der Waals surface area (Å²) in [4.78, 5) is 19.6. The molecule has 29 heavy (non-hydrogen) atoms. The van der Waals surface area contributed by atoms with Crippen molar-refractivity contribution >= 4 is 26.8 Å². The van der Waals surface area contributed by atoms with Crippen molar-refractivity contribution in [1.29, 1.82) is 0 Å². The Morgan fingerprint density at radius 2 is 2.10 bits per heavy atom. The summed E-state index contributed by atoms with van der Waals surface area (Å²) in [6.45, 7) is 7.93. The summed E-state index contributed by atoms with van der Waals surface area (Å²) >= 11 is 0. The van der Waals surface area contributed by atoms with Crippen molar-refractivity contribution in [1.82, 2.24) is 19.8 Å². The SMILES string of the molecule is Cc1nc2cc(C(=O)N[C@@H](C)CN3CCOCC3)ccc2n1[C@H]1CCS(=O)(=O)C1. The number of nitrogens with one attached hydrogen (secondary N) is 1. The molecule has 4 rings (SSSR count). The molecule has 2 saturated heterocycles. The summed E-state index contributed by atoms with van der Waals surface area (Å²) in [5.41, 5.74) is 2.16. The molecule has 3 heterocycles. The van der Waals surface area contributed by atoms with E-state index < -0.39 is 9.84 Å². The highest BCUT2D eigenvalue weighted by Gasteiger charge is 2.31. The van der Waals surface area contributed by atoms with E-state index in [0.29, 0.717) is 12.0 Å². The van der Waals surface area contributed by atoms with Gasteiger partial charge in [-0.25, -0.2) is 13.4 Å². The van der Waals surface area contributed by atoms with E-state index in [1.807, 2.05) is 24.5 Å². The van der Waals surface area contributed by atoms with Gasteiger partial charge in [-0.05, 0) is 38.5 Å². The molecule has 1 amide bonds. The zero-order chi connectivity index (χ0) is 20.6. The third-order valence-electron chi connectivity index (χ3n) is 5.71. The standard InChI is InChI=1S/C20H28N4O4S/c1-14(12-23-6-8-28-9-7-23)21-20(25)16-3-4-19-18(11-16)22-15(2)24(19)17-5-10-29(26,27)13-17/h3-4,11,14,17H,5-10,12-13H2,1-2H3,(H,21,25)/t14-,17-/m0/s1. The molecule has 1 N–H and O–H groups in total. The number of amides is 1. The van der Waals surface area contributed by atoms with Gasteiger partial charge in [0.25, 0.3) is 5.91 Å². The van der Waals surface area contributed by atoms with Crippen LogP contribution in [0.5, 0.6) is 0 Å². The van der Waals surface area contributed by atoms with E-state index in [4.69, 9.17) is 4.74 Å². The van der Waals surface area contributed by atoms with Gasteiger partial charge in [0.05, 0.1) is 41.8 Å². The van der Waals surface area contributed by atoms with Crippen LogP contribution in [0.15, 0.2) is 18.2 Å². The van der Waals surface area contributed by atoms with Gasteiger partial charge in [0.1, 0.15) is 5.82 Å². The summed E-state index contributed by atoms with van der Waals surface area (Å²) in [5, 5.41) is 3.06. The Hall–Kier alpha value is -1.97. The zero-order valence-corrected chi connectivity index (χ0v) is 17.7. The van der Waals surface area contributed by atoms with Crippen LogP contribution in [-0.4, -0.2) is 79.2 Å². The van der Waals surface area contributed by atoms with Crippen LogP contribution in [0.25, 0.3) is 11.0 Å². The van der Waals surface area contributed by atoms with Crippen molar-refractivity contribution in [3.8, 4) is 0 Å². The Morgan fingerprint density at radius 1 is 1.34 bits per heavy atom. The number of morpholine rings is 1. The van der Waals surface area contributed by atoms with Gasteiger partial charge in [-0.1, -0.05) is 0 Å². The van der Waals surface area contributed by atoms with Crippen LogP contribution < -0.4 is 5.32 Å². The van der Waals surface area contributed by atoms with Gasteiger partial charge in [0, 0.05) is 31.2 Å². The predicted octanol–water partition coefficient (Wildman–Crippen LogP) is 1.15. The molecule has 0 spiro atoms. The average molecular weight is 421 g/mol. The maximum atomic E-state index is 12.7. The van der Waals surface area contributed by atoms with Gasteiger partial charge in [0.2, 0.25) is 0 Å². The topological polar surface area (TPSA) is 93.5 Å². The second-order valence-electron chi connectivity index (χ2n) is 8.08. The minimum absolute atomic E-state index is 0.0271. The molecule has 0 aliphatic carbocycles. The van der Waals surface area contributed by atoms with Crippen LogP contribution in [0.3, 0.4) is 0 Å². The third-order valence-corrected chi connectivity index (χ3v) is 7.47. The van der Waals surface area contributed by atoms with Crippen LogP contribution in [0, 0.1) is 6.92 Å². The monoisotopic (exact) mass is 420 g/mol. The molecule has 0 bridgehead atoms. The van der Waals surface area contributed by atoms with Gasteiger partial charge in [0.15, 0.2) is 9.84 Å². The molecule has 2 aliphatic rings. The fraction of sp³-hybridized carbons (Fsp3) is 0.600. The van der Waals surface area contributed by atoms with E-state index in [2.05, 4.69) is 15.2 Å². The molecule has 9 heteroatoms. The minimum atomic E-state index is -2.98. The number of aromatic nitrogens is 2. The molecule has 8 nitrogen and oxygen atoms in total. The van der Waals surface area contributed by atoms with E-state index in [-0.39, 0.29) is 29.5 Å². The maximum absolute atomic E-state index is 12.7. The van der Waals surface area contributed by atoms with Crippen LogP contribution in [0.1, 0.15) is 35.6 Å². The number of imidazole rings is 1. The first-order valence-corrected chi connectivity index (χ1v) is 11.9. The average Bonchev–Trinajstić information content (AvgIpc) is 3.19. The Kier molecular flexibility index (Phi) is 5.63. The highest BCUT2D eigenvalue weighted by atomic mass is 32.2. The van der Waals surface area contributed by atoms with E-state index >= 15 is 0 Å². The van der Waals surface area contributed by atoms with E-state index in [9.17, 15) is 13.2 Å². The quantitative estimate of drug-likeness (QED) is 0.780. The normalized spacial score (nSPS) is 23.3. The fourth-order valence-corrected chi connectivity index (χ4v) is 6.02. The Labute approximate surface area is 171 Å². The predicted molar refractivity (Wildman–Crippen MR) is 111 cm³/mol. The molecule has 2 aliphatic heterocycles. The third kappa shape index (κ3) is 4.46. The maximum Gasteiger partial charge on any atom is 0.251 e. The number of benzene rings is 1. The van der Waals surface area contributed by atoms with Gasteiger partial charge in [-0.2, -0.15) is 0 Å². The molecular formula is C20H28N4O4S. The lowest BCUT2D eigenvalue weighted by atomic mass is 10.1. The zero-order valence-electron chi connectivity index (χ0n) is 16.9. The molecular weight excluding hydrogens is 392 g/mol. The Balaban J connectivity index is 1.48. The van der Waals surface area contributed by atoms with Gasteiger partial charge >= 0.3 is 0 Å². The van der Waals surface area contributed by atoms with E-state index in [0.717, 1.165) is 49.7 Å². The van der Waals surface area contributed by atoms with Crippen molar-refractivity contribution in [3.05, 3.63) is 29.6 Å².